The Labute approximate surface area is 158 Å². The predicted octanol–water partition coefficient (Wildman–Crippen LogP) is 2.51. The summed E-state index contributed by atoms with van der Waals surface area (Å²) >= 11 is 0. The van der Waals surface area contributed by atoms with Crippen LogP contribution in [0.4, 0.5) is 4.39 Å². The molecule has 1 aliphatic rings. The number of sulfonamides is 1. The summed E-state index contributed by atoms with van der Waals surface area (Å²) in [4.78, 5) is 13.9. The number of piperazine rings is 1. The third-order valence-electron chi connectivity index (χ3n) is 4.40. The lowest BCUT2D eigenvalue weighted by Crippen LogP contribution is -2.50. The van der Waals surface area contributed by atoms with Crippen LogP contribution in [-0.4, -0.2) is 49.7 Å². The van der Waals surface area contributed by atoms with Gasteiger partial charge in [-0.2, -0.15) is 4.31 Å². The molecule has 0 atom stereocenters. The molecule has 1 heterocycles. The minimum absolute atomic E-state index is 0.0404. The number of halogens is 1. The third-order valence-corrected chi connectivity index (χ3v) is 6.25. The van der Waals surface area contributed by atoms with Crippen LogP contribution in [0.3, 0.4) is 0 Å². The van der Waals surface area contributed by atoms with Crippen molar-refractivity contribution in [2.75, 3.05) is 26.2 Å². The van der Waals surface area contributed by atoms with Gasteiger partial charge in [0.15, 0.2) is 0 Å². The topological polar surface area (TPSA) is 57.7 Å². The maximum absolute atomic E-state index is 13.2. The molecule has 1 amide bonds. The van der Waals surface area contributed by atoms with E-state index in [1.165, 1.54) is 22.5 Å². The normalized spacial score (nSPS) is 16.0. The minimum atomic E-state index is -3.41. The van der Waals surface area contributed by atoms with Crippen molar-refractivity contribution < 1.29 is 17.6 Å². The summed E-state index contributed by atoms with van der Waals surface area (Å²) in [7, 11) is -3.41. The zero-order valence-electron chi connectivity index (χ0n) is 14.8. The molecule has 2 aromatic carbocycles. The van der Waals surface area contributed by atoms with E-state index in [9.17, 15) is 17.6 Å². The molecule has 3 rings (SSSR count). The summed E-state index contributed by atoms with van der Waals surface area (Å²) < 4.78 is 39.7. The van der Waals surface area contributed by atoms with Gasteiger partial charge in [-0.05, 0) is 29.3 Å². The fourth-order valence-corrected chi connectivity index (χ4v) is 4.46. The van der Waals surface area contributed by atoms with Crippen molar-refractivity contribution in [3.63, 3.8) is 0 Å². The molecule has 0 N–H and O–H groups in total. The summed E-state index contributed by atoms with van der Waals surface area (Å²) in [5.41, 5.74) is 1.35. The monoisotopic (exact) mass is 388 g/mol. The van der Waals surface area contributed by atoms with Gasteiger partial charge < -0.3 is 4.90 Å². The minimum Gasteiger partial charge on any atom is -0.337 e. The van der Waals surface area contributed by atoms with E-state index in [4.69, 9.17) is 0 Å². The van der Waals surface area contributed by atoms with Gasteiger partial charge >= 0.3 is 0 Å². The Morgan fingerprint density at radius 2 is 1.70 bits per heavy atom. The number of nitrogens with zero attached hydrogens (tertiary/aromatic N) is 2. The number of amides is 1. The van der Waals surface area contributed by atoms with Crippen LogP contribution in [-0.2, 0) is 20.6 Å². The van der Waals surface area contributed by atoms with E-state index in [0.717, 1.165) is 5.56 Å². The second-order valence-corrected chi connectivity index (χ2v) is 8.32. The van der Waals surface area contributed by atoms with Gasteiger partial charge in [0.25, 0.3) is 0 Å². The second kappa shape index (κ2) is 8.45. The van der Waals surface area contributed by atoms with Gasteiger partial charge in [-0.25, -0.2) is 12.8 Å². The lowest BCUT2D eigenvalue weighted by molar-refractivity contribution is -0.127. The summed E-state index contributed by atoms with van der Waals surface area (Å²) in [6.07, 6.45) is 2.95. The molecule has 0 aromatic heterocycles. The molecular weight excluding hydrogens is 367 g/mol. The second-order valence-electron chi connectivity index (χ2n) is 6.35. The largest absolute Gasteiger partial charge is 0.337 e. The first-order valence-corrected chi connectivity index (χ1v) is 10.3. The standard InChI is InChI=1S/C20H21FN2O3S/c21-19-8-4-7-17(15-19)9-10-20(24)22-11-13-23(14-12-22)27(25,26)16-18-5-2-1-3-6-18/h1-10,15H,11-14,16H2. The molecule has 7 heteroatoms. The number of benzene rings is 2. The molecule has 1 aliphatic heterocycles. The Hall–Kier alpha value is -2.51. The highest BCUT2D eigenvalue weighted by molar-refractivity contribution is 7.88. The van der Waals surface area contributed by atoms with Crippen molar-refractivity contribution in [1.82, 2.24) is 9.21 Å². The van der Waals surface area contributed by atoms with Crippen molar-refractivity contribution in [2.45, 2.75) is 5.75 Å². The van der Waals surface area contributed by atoms with Crippen molar-refractivity contribution in [3.05, 3.63) is 77.6 Å². The van der Waals surface area contributed by atoms with Crippen LogP contribution in [0.5, 0.6) is 0 Å². The Morgan fingerprint density at radius 3 is 2.37 bits per heavy atom. The van der Waals surface area contributed by atoms with Crippen LogP contribution in [0.1, 0.15) is 11.1 Å². The molecule has 0 spiro atoms. The average Bonchev–Trinajstić information content (AvgIpc) is 2.67. The molecule has 142 valence electrons. The van der Waals surface area contributed by atoms with E-state index >= 15 is 0 Å². The first-order chi connectivity index (χ1) is 12.9. The van der Waals surface area contributed by atoms with Gasteiger partial charge in [0.05, 0.1) is 5.75 Å². The van der Waals surface area contributed by atoms with Gasteiger partial charge in [0.2, 0.25) is 15.9 Å². The highest BCUT2D eigenvalue weighted by Gasteiger charge is 2.28. The van der Waals surface area contributed by atoms with Gasteiger partial charge in [0.1, 0.15) is 5.82 Å². The Kier molecular flexibility index (Phi) is 6.03. The third kappa shape index (κ3) is 5.24. The number of rotatable bonds is 5. The SMILES string of the molecule is O=C(C=Cc1cccc(F)c1)N1CCN(S(=O)(=O)Cc2ccccc2)CC1. The maximum Gasteiger partial charge on any atom is 0.246 e. The number of hydrogen-bond donors (Lipinski definition) is 0. The number of carbonyl (C=O) groups is 1. The molecule has 5 nitrogen and oxygen atoms in total. The number of carbonyl (C=O) groups excluding carboxylic acids is 1. The van der Waals surface area contributed by atoms with E-state index in [1.54, 1.807) is 35.2 Å². The highest BCUT2D eigenvalue weighted by atomic mass is 32.2. The molecule has 0 radical (unpaired) electrons. The zero-order chi connectivity index (χ0) is 19.3. The van der Waals surface area contributed by atoms with Crippen LogP contribution in [0, 0.1) is 5.82 Å². The quantitative estimate of drug-likeness (QED) is 0.740. The average molecular weight is 388 g/mol. The molecular formula is C20H21FN2O3S. The van der Waals surface area contributed by atoms with Crippen molar-refractivity contribution in [3.8, 4) is 0 Å². The van der Waals surface area contributed by atoms with Crippen molar-refractivity contribution in [2.24, 2.45) is 0 Å². The van der Waals surface area contributed by atoms with Crippen LogP contribution in [0.25, 0.3) is 6.08 Å². The predicted molar refractivity (Wildman–Crippen MR) is 103 cm³/mol. The molecule has 0 unspecified atom stereocenters. The molecule has 27 heavy (non-hydrogen) atoms. The Balaban J connectivity index is 1.55. The molecule has 2 aromatic rings. The van der Waals surface area contributed by atoms with E-state index in [1.807, 2.05) is 18.2 Å². The number of hydrogen-bond acceptors (Lipinski definition) is 3. The Morgan fingerprint density at radius 1 is 1.00 bits per heavy atom. The Bertz CT molecular complexity index is 921. The van der Waals surface area contributed by atoms with Gasteiger partial charge in [0, 0.05) is 32.3 Å². The van der Waals surface area contributed by atoms with E-state index < -0.39 is 10.0 Å². The summed E-state index contributed by atoms with van der Waals surface area (Å²) in [6, 6.07) is 15.0. The van der Waals surface area contributed by atoms with E-state index in [2.05, 4.69) is 0 Å². The van der Waals surface area contributed by atoms with Gasteiger partial charge in [-0.3, -0.25) is 4.79 Å². The molecule has 0 aliphatic carbocycles. The first kappa shape index (κ1) is 19.3. The van der Waals surface area contributed by atoms with Crippen molar-refractivity contribution in [1.29, 1.82) is 0 Å². The van der Waals surface area contributed by atoms with Crippen molar-refractivity contribution >= 4 is 22.0 Å². The van der Waals surface area contributed by atoms with E-state index in [0.29, 0.717) is 18.7 Å². The molecule has 1 fully saturated rings. The molecule has 0 saturated carbocycles. The molecule has 0 bridgehead atoms. The van der Waals surface area contributed by atoms with Gasteiger partial charge in [-0.15, -0.1) is 0 Å². The highest BCUT2D eigenvalue weighted by Crippen LogP contribution is 2.14. The smallest absolute Gasteiger partial charge is 0.246 e. The lowest BCUT2D eigenvalue weighted by atomic mass is 10.2. The first-order valence-electron chi connectivity index (χ1n) is 8.68. The van der Waals surface area contributed by atoms with Crippen LogP contribution in [0.15, 0.2) is 60.7 Å². The van der Waals surface area contributed by atoms with Crippen LogP contribution < -0.4 is 0 Å². The van der Waals surface area contributed by atoms with Crippen LogP contribution >= 0.6 is 0 Å². The zero-order valence-corrected chi connectivity index (χ0v) is 15.6. The summed E-state index contributed by atoms with van der Waals surface area (Å²) in [5, 5.41) is 0. The summed E-state index contributed by atoms with van der Waals surface area (Å²) in [6.45, 7) is 1.21. The summed E-state index contributed by atoms with van der Waals surface area (Å²) in [5.74, 6) is -0.609. The molecule has 1 saturated heterocycles. The van der Waals surface area contributed by atoms with Crippen LogP contribution in [0.2, 0.25) is 0 Å². The van der Waals surface area contributed by atoms with E-state index in [-0.39, 0.29) is 30.6 Å². The fraction of sp³-hybridized carbons (Fsp3) is 0.250. The maximum atomic E-state index is 13.2. The fourth-order valence-electron chi connectivity index (χ4n) is 2.95. The van der Waals surface area contributed by atoms with Gasteiger partial charge in [-0.1, -0.05) is 42.5 Å². The lowest BCUT2D eigenvalue weighted by Gasteiger charge is -2.33.